The van der Waals surface area contributed by atoms with Gasteiger partial charge in [-0.2, -0.15) is 0 Å². The first-order valence-electron chi connectivity index (χ1n) is 5.58. The molecule has 2 heteroatoms. The normalized spacial score (nSPS) is 15.9. The summed E-state index contributed by atoms with van der Waals surface area (Å²) in [6.45, 7) is 10.5. The average Bonchev–Trinajstić information content (AvgIpc) is 2.14. The van der Waals surface area contributed by atoms with E-state index >= 15 is 0 Å². The number of hydrogen-bond donors (Lipinski definition) is 0. The lowest BCUT2D eigenvalue weighted by molar-refractivity contribution is -0.116. The van der Waals surface area contributed by atoms with Gasteiger partial charge in [-0.25, -0.2) is 0 Å². The zero-order chi connectivity index (χ0) is 11.2. The Hall–Kier alpha value is -0.370. The summed E-state index contributed by atoms with van der Waals surface area (Å²) >= 11 is 0. The predicted molar refractivity (Wildman–Crippen MR) is 61.4 cm³/mol. The van der Waals surface area contributed by atoms with E-state index in [9.17, 15) is 4.79 Å². The van der Waals surface area contributed by atoms with E-state index in [1.165, 1.54) is 6.42 Å². The van der Waals surface area contributed by atoms with Gasteiger partial charge in [-0.05, 0) is 32.4 Å². The monoisotopic (exact) mass is 199 g/mol. The van der Waals surface area contributed by atoms with Gasteiger partial charge in [0.1, 0.15) is 6.29 Å². The highest BCUT2D eigenvalue weighted by atomic mass is 16.1. The molecule has 0 fully saturated rings. The van der Waals surface area contributed by atoms with Crippen molar-refractivity contribution < 1.29 is 4.79 Å². The van der Waals surface area contributed by atoms with Crippen molar-refractivity contribution >= 4 is 6.29 Å². The molecule has 1 unspecified atom stereocenters. The molecule has 0 aromatic carbocycles. The average molecular weight is 199 g/mol. The minimum absolute atomic E-state index is 0.161. The molecule has 0 saturated heterocycles. The molecule has 0 heterocycles. The standard InChI is InChI=1S/C12H25NO/c1-6-12(4,10-14)9-13(5)8-7-11(2)3/h10-11H,6-9H2,1-5H3. The molecule has 1 atom stereocenters. The van der Waals surface area contributed by atoms with E-state index in [0.29, 0.717) is 0 Å². The number of carbonyl (C=O) groups is 1. The van der Waals surface area contributed by atoms with Gasteiger partial charge < -0.3 is 9.69 Å². The van der Waals surface area contributed by atoms with Crippen LogP contribution in [-0.2, 0) is 4.79 Å². The van der Waals surface area contributed by atoms with Crippen LogP contribution in [0.25, 0.3) is 0 Å². The van der Waals surface area contributed by atoms with Crippen molar-refractivity contribution in [2.75, 3.05) is 20.1 Å². The molecule has 0 aliphatic heterocycles. The van der Waals surface area contributed by atoms with Crippen molar-refractivity contribution in [1.82, 2.24) is 4.90 Å². The smallest absolute Gasteiger partial charge is 0.127 e. The Bertz CT molecular complexity index is 168. The molecule has 0 rings (SSSR count). The Labute approximate surface area is 88.7 Å². The molecule has 0 N–H and O–H groups in total. The first kappa shape index (κ1) is 13.6. The van der Waals surface area contributed by atoms with Gasteiger partial charge in [0.25, 0.3) is 0 Å². The fourth-order valence-electron chi connectivity index (χ4n) is 1.41. The zero-order valence-corrected chi connectivity index (χ0v) is 10.3. The molecule has 14 heavy (non-hydrogen) atoms. The second-order valence-corrected chi connectivity index (χ2v) is 5.05. The first-order valence-corrected chi connectivity index (χ1v) is 5.58. The molecule has 2 nitrogen and oxygen atoms in total. The van der Waals surface area contributed by atoms with Gasteiger partial charge in [-0.3, -0.25) is 0 Å². The molecule has 0 aromatic heterocycles. The van der Waals surface area contributed by atoms with Crippen LogP contribution in [0.3, 0.4) is 0 Å². The summed E-state index contributed by atoms with van der Waals surface area (Å²) in [6.07, 6.45) is 3.22. The summed E-state index contributed by atoms with van der Waals surface area (Å²) in [5.41, 5.74) is -0.161. The molecule has 0 amide bonds. The topological polar surface area (TPSA) is 20.3 Å². The van der Waals surface area contributed by atoms with Crippen LogP contribution < -0.4 is 0 Å². The van der Waals surface area contributed by atoms with Crippen LogP contribution in [0.2, 0.25) is 0 Å². The summed E-state index contributed by atoms with van der Waals surface area (Å²) in [5, 5.41) is 0. The minimum atomic E-state index is -0.161. The molecule has 0 aliphatic rings. The van der Waals surface area contributed by atoms with Gasteiger partial charge in [-0.1, -0.05) is 27.7 Å². The molecular weight excluding hydrogens is 174 g/mol. The maximum Gasteiger partial charge on any atom is 0.127 e. The van der Waals surface area contributed by atoms with Crippen molar-refractivity contribution in [3.8, 4) is 0 Å². The maximum absolute atomic E-state index is 10.9. The first-order chi connectivity index (χ1) is 6.43. The van der Waals surface area contributed by atoms with Crippen LogP contribution in [0, 0.1) is 11.3 Å². The van der Waals surface area contributed by atoms with E-state index in [-0.39, 0.29) is 5.41 Å². The molecule has 0 aromatic rings. The zero-order valence-electron chi connectivity index (χ0n) is 10.3. The van der Waals surface area contributed by atoms with Crippen molar-refractivity contribution in [3.05, 3.63) is 0 Å². The molecule has 0 spiro atoms. The Morgan fingerprint density at radius 1 is 1.43 bits per heavy atom. The SMILES string of the molecule is CCC(C)(C=O)CN(C)CCC(C)C. The molecule has 0 aliphatic carbocycles. The van der Waals surface area contributed by atoms with Crippen LogP contribution in [0.15, 0.2) is 0 Å². The van der Waals surface area contributed by atoms with Gasteiger partial charge >= 0.3 is 0 Å². The fraction of sp³-hybridized carbons (Fsp3) is 0.917. The summed E-state index contributed by atoms with van der Waals surface area (Å²) in [6, 6.07) is 0. The second-order valence-electron chi connectivity index (χ2n) is 5.05. The second kappa shape index (κ2) is 6.18. The van der Waals surface area contributed by atoms with Crippen LogP contribution in [-0.4, -0.2) is 31.3 Å². The van der Waals surface area contributed by atoms with Crippen LogP contribution in [0.1, 0.15) is 40.5 Å². The van der Waals surface area contributed by atoms with Crippen molar-refractivity contribution in [2.24, 2.45) is 11.3 Å². The minimum Gasteiger partial charge on any atom is -0.305 e. The van der Waals surface area contributed by atoms with Crippen LogP contribution in [0.4, 0.5) is 0 Å². The number of aldehydes is 1. The van der Waals surface area contributed by atoms with Gasteiger partial charge in [0.15, 0.2) is 0 Å². The lowest BCUT2D eigenvalue weighted by Gasteiger charge is -2.28. The number of nitrogens with zero attached hydrogens (tertiary/aromatic N) is 1. The molecule has 0 radical (unpaired) electrons. The lowest BCUT2D eigenvalue weighted by Crippen LogP contribution is -2.35. The van der Waals surface area contributed by atoms with Gasteiger partial charge in [0.05, 0.1) is 0 Å². The van der Waals surface area contributed by atoms with E-state index in [1.54, 1.807) is 0 Å². The van der Waals surface area contributed by atoms with E-state index in [2.05, 4.69) is 32.7 Å². The van der Waals surface area contributed by atoms with E-state index in [0.717, 1.165) is 31.7 Å². The number of hydrogen-bond acceptors (Lipinski definition) is 2. The largest absolute Gasteiger partial charge is 0.305 e. The molecule has 84 valence electrons. The lowest BCUT2D eigenvalue weighted by atomic mass is 9.89. The Morgan fingerprint density at radius 3 is 2.36 bits per heavy atom. The predicted octanol–water partition coefficient (Wildman–Crippen LogP) is 2.58. The Morgan fingerprint density at radius 2 is 2.00 bits per heavy atom. The Balaban J connectivity index is 3.91. The quantitative estimate of drug-likeness (QED) is 0.587. The maximum atomic E-state index is 10.9. The summed E-state index contributed by atoms with van der Waals surface area (Å²) in [7, 11) is 2.10. The van der Waals surface area contributed by atoms with Crippen molar-refractivity contribution in [2.45, 2.75) is 40.5 Å². The van der Waals surface area contributed by atoms with Crippen LogP contribution >= 0.6 is 0 Å². The summed E-state index contributed by atoms with van der Waals surface area (Å²) in [5.74, 6) is 0.738. The van der Waals surface area contributed by atoms with E-state index < -0.39 is 0 Å². The van der Waals surface area contributed by atoms with Crippen molar-refractivity contribution in [3.63, 3.8) is 0 Å². The highest BCUT2D eigenvalue weighted by Crippen LogP contribution is 2.19. The number of carbonyl (C=O) groups excluding carboxylic acids is 1. The highest BCUT2D eigenvalue weighted by Gasteiger charge is 2.22. The molecule has 0 saturated carbocycles. The summed E-state index contributed by atoms with van der Waals surface area (Å²) < 4.78 is 0. The molecule has 0 bridgehead atoms. The van der Waals surface area contributed by atoms with Crippen LogP contribution in [0.5, 0.6) is 0 Å². The number of rotatable bonds is 7. The van der Waals surface area contributed by atoms with Gasteiger partial charge in [-0.15, -0.1) is 0 Å². The van der Waals surface area contributed by atoms with E-state index in [4.69, 9.17) is 0 Å². The van der Waals surface area contributed by atoms with E-state index in [1.807, 2.05) is 6.92 Å². The van der Waals surface area contributed by atoms with Gasteiger partial charge in [0, 0.05) is 12.0 Å². The fourth-order valence-corrected chi connectivity index (χ4v) is 1.41. The molecular formula is C12H25NO. The van der Waals surface area contributed by atoms with Gasteiger partial charge in [0.2, 0.25) is 0 Å². The third-order valence-electron chi connectivity index (χ3n) is 2.81. The van der Waals surface area contributed by atoms with Crippen molar-refractivity contribution in [1.29, 1.82) is 0 Å². The summed E-state index contributed by atoms with van der Waals surface area (Å²) in [4.78, 5) is 13.2. The highest BCUT2D eigenvalue weighted by molar-refractivity contribution is 5.58. The Kier molecular flexibility index (Phi) is 6.01. The third kappa shape index (κ3) is 5.38. The third-order valence-corrected chi connectivity index (χ3v) is 2.81.